The number of aromatic nitrogens is 1. The van der Waals surface area contributed by atoms with Crippen LogP contribution < -0.4 is 5.32 Å². The van der Waals surface area contributed by atoms with E-state index in [2.05, 4.69) is 29.8 Å². The molecule has 2 amide bonds. The monoisotopic (exact) mass is 461 g/mol. The molecule has 1 aromatic heterocycles. The summed E-state index contributed by atoms with van der Waals surface area (Å²) in [5, 5.41) is 12.7. The molecule has 0 saturated carbocycles. The van der Waals surface area contributed by atoms with Gasteiger partial charge >= 0.3 is 0 Å². The molecule has 1 N–H and O–H groups in total. The van der Waals surface area contributed by atoms with Crippen molar-refractivity contribution in [3.05, 3.63) is 58.4 Å². The van der Waals surface area contributed by atoms with E-state index in [-0.39, 0.29) is 23.9 Å². The molecule has 0 bridgehead atoms. The number of aryl methyl sites for hydroxylation is 2. The van der Waals surface area contributed by atoms with Crippen LogP contribution in [0.1, 0.15) is 42.8 Å². The number of nitrogens with one attached hydrogen (secondary N) is 1. The summed E-state index contributed by atoms with van der Waals surface area (Å²) in [5.74, 6) is -0.301. The number of hydrogen-bond acceptors (Lipinski definition) is 4. The number of amides is 2. The van der Waals surface area contributed by atoms with Gasteiger partial charge in [0, 0.05) is 49.8 Å². The molecule has 7 nitrogen and oxygen atoms in total. The van der Waals surface area contributed by atoms with Crippen LogP contribution in [0.2, 0.25) is 0 Å². The van der Waals surface area contributed by atoms with Crippen molar-refractivity contribution in [1.29, 1.82) is 5.26 Å². The van der Waals surface area contributed by atoms with Crippen molar-refractivity contribution in [3.63, 3.8) is 0 Å². The van der Waals surface area contributed by atoms with Crippen LogP contribution in [0.25, 0.3) is 6.08 Å². The Morgan fingerprint density at radius 2 is 1.82 bits per heavy atom. The van der Waals surface area contributed by atoms with Gasteiger partial charge in [-0.15, -0.1) is 0 Å². The molecule has 2 heterocycles. The molecule has 2 aromatic rings. The summed E-state index contributed by atoms with van der Waals surface area (Å²) in [6.45, 7) is 11.6. The SMILES string of the molecule is CCCn1c(C)cc(/C=C(\C#N)C(=O)N2CCN(CC(=O)Nc3ccccc3CC)CC2)c1C. The fourth-order valence-corrected chi connectivity index (χ4v) is 4.46. The number of benzene rings is 1. The standard InChI is InChI=1S/C27H35N5O2/c1-5-11-32-20(3)16-23(21(32)4)17-24(18-28)27(34)31-14-12-30(13-15-31)19-26(33)29-25-10-8-7-9-22(25)6-2/h7-10,16-17H,5-6,11-15,19H2,1-4H3,(H,29,33)/b24-17+. The largest absolute Gasteiger partial charge is 0.349 e. The molecule has 0 aliphatic carbocycles. The Labute approximate surface area is 202 Å². The van der Waals surface area contributed by atoms with Crippen molar-refractivity contribution in [2.75, 3.05) is 38.0 Å². The topological polar surface area (TPSA) is 81.4 Å². The first-order chi connectivity index (χ1) is 16.4. The van der Waals surface area contributed by atoms with Gasteiger partial charge in [-0.25, -0.2) is 0 Å². The summed E-state index contributed by atoms with van der Waals surface area (Å²) in [6, 6.07) is 12.0. The maximum Gasteiger partial charge on any atom is 0.264 e. The molecular formula is C27H35N5O2. The predicted octanol–water partition coefficient (Wildman–Crippen LogP) is 3.77. The molecule has 0 atom stereocenters. The molecule has 180 valence electrons. The zero-order valence-electron chi connectivity index (χ0n) is 20.7. The minimum absolute atomic E-state index is 0.0549. The van der Waals surface area contributed by atoms with Gasteiger partial charge in [0.25, 0.3) is 5.91 Å². The molecule has 0 spiro atoms. The minimum atomic E-state index is -0.247. The van der Waals surface area contributed by atoms with Crippen LogP contribution in [0.15, 0.2) is 35.9 Å². The highest BCUT2D eigenvalue weighted by molar-refractivity contribution is 6.02. The van der Waals surface area contributed by atoms with Crippen molar-refractivity contribution < 1.29 is 9.59 Å². The molecule has 34 heavy (non-hydrogen) atoms. The Kier molecular flexibility index (Phi) is 8.67. The van der Waals surface area contributed by atoms with E-state index in [1.165, 1.54) is 0 Å². The second kappa shape index (κ2) is 11.7. The fraction of sp³-hybridized carbons (Fsp3) is 0.444. The number of rotatable bonds is 8. The minimum Gasteiger partial charge on any atom is -0.349 e. The average molecular weight is 462 g/mol. The van der Waals surface area contributed by atoms with E-state index in [1.54, 1.807) is 11.0 Å². The summed E-state index contributed by atoms with van der Waals surface area (Å²) < 4.78 is 2.22. The van der Waals surface area contributed by atoms with Crippen LogP contribution in [0, 0.1) is 25.2 Å². The zero-order valence-corrected chi connectivity index (χ0v) is 20.7. The first kappa shape index (κ1) is 25.3. The van der Waals surface area contributed by atoms with Gasteiger partial charge in [-0.2, -0.15) is 5.26 Å². The van der Waals surface area contributed by atoms with Gasteiger partial charge in [0.1, 0.15) is 11.6 Å². The third-order valence-corrected chi connectivity index (χ3v) is 6.41. The van der Waals surface area contributed by atoms with E-state index in [0.29, 0.717) is 26.2 Å². The maximum atomic E-state index is 13.0. The van der Waals surface area contributed by atoms with Gasteiger partial charge in [-0.3, -0.25) is 14.5 Å². The van der Waals surface area contributed by atoms with Crippen LogP contribution in [0.5, 0.6) is 0 Å². The van der Waals surface area contributed by atoms with Crippen LogP contribution in [-0.4, -0.2) is 58.9 Å². The lowest BCUT2D eigenvalue weighted by Gasteiger charge is -2.34. The number of carbonyl (C=O) groups is 2. The second-order valence-corrected chi connectivity index (χ2v) is 8.78. The number of nitriles is 1. The number of anilines is 1. The summed E-state index contributed by atoms with van der Waals surface area (Å²) in [7, 11) is 0. The number of hydrogen-bond donors (Lipinski definition) is 1. The lowest BCUT2D eigenvalue weighted by molar-refractivity contribution is -0.128. The van der Waals surface area contributed by atoms with E-state index >= 15 is 0 Å². The normalized spacial score (nSPS) is 14.7. The van der Waals surface area contributed by atoms with E-state index in [9.17, 15) is 14.9 Å². The maximum absolute atomic E-state index is 13.0. The lowest BCUT2D eigenvalue weighted by atomic mass is 10.1. The van der Waals surface area contributed by atoms with E-state index in [1.807, 2.05) is 49.1 Å². The van der Waals surface area contributed by atoms with Gasteiger partial charge in [0.2, 0.25) is 5.91 Å². The highest BCUT2D eigenvalue weighted by Crippen LogP contribution is 2.20. The molecule has 1 saturated heterocycles. The fourth-order valence-electron chi connectivity index (χ4n) is 4.46. The van der Waals surface area contributed by atoms with Crippen molar-refractivity contribution >= 4 is 23.6 Å². The van der Waals surface area contributed by atoms with Crippen molar-refractivity contribution in [2.24, 2.45) is 0 Å². The second-order valence-electron chi connectivity index (χ2n) is 8.78. The summed E-state index contributed by atoms with van der Waals surface area (Å²) >= 11 is 0. The van der Waals surface area contributed by atoms with Crippen molar-refractivity contribution in [2.45, 2.75) is 47.1 Å². The van der Waals surface area contributed by atoms with Gasteiger partial charge in [0.05, 0.1) is 6.54 Å². The Balaban J connectivity index is 1.58. The van der Waals surface area contributed by atoms with Crippen LogP contribution in [0.4, 0.5) is 5.69 Å². The lowest BCUT2D eigenvalue weighted by Crippen LogP contribution is -2.50. The van der Waals surface area contributed by atoms with Crippen molar-refractivity contribution in [1.82, 2.24) is 14.4 Å². The highest BCUT2D eigenvalue weighted by atomic mass is 16.2. The Bertz CT molecular complexity index is 1100. The van der Waals surface area contributed by atoms with E-state index in [0.717, 1.165) is 47.6 Å². The van der Waals surface area contributed by atoms with Gasteiger partial charge in [-0.05, 0) is 56.0 Å². The Morgan fingerprint density at radius 1 is 1.12 bits per heavy atom. The Hall–Kier alpha value is -3.37. The molecule has 7 heteroatoms. The summed E-state index contributed by atoms with van der Waals surface area (Å²) in [6.07, 6.45) is 3.59. The summed E-state index contributed by atoms with van der Waals surface area (Å²) in [4.78, 5) is 29.3. The first-order valence-corrected chi connectivity index (χ1v) is 12.1. The highest BCUT2D eigenvalue weighted by Gasteiger charge is 2.25. The Morgan fingerprint density at radius 3 is 2.47 bits per heavy atom. The smallest absolute Gasteiger partial charge is 0.264 e. The van der Waals surface area contributed by atoms with Crippen LogP contribution >= 0.6 is 0 Å². The van der Waals surface area contributed by atoms with Crippen LogP contribution in [-0.2, 0) is 22.6 Å². The predicted molar refractivity (Wildman–Crippen MR) is 135 cm³/mol. The number of para-hydroxylation sites is 1. The zero-order chi connectivity index (χ0) is 24.7. The first-order valence-electron chi connectivity index (χ1n) is 12.1. The van der Waals surface area contributed by atoms with Gasteiger partial charge < -0.3 is 14.8 Å². The molecular weight excluding hydrogens is 426 g/mol. The van der Waals surface area contributed by atoms with E-state index in [4.69, 9.17) is 0 Å². The number of piperazine rings is 1. The number of nitrogens with zero attached hydrogens (tertiary/aromatic N) is 4. The summed E-state index contributed by atoms with van der Waals surface area (Å²) in [5.41, 5.74) is 5.23. The molecule has 0 unspecified atom stereocenters. The van der Waals surface area contributed by atoms with Gasteiger partial charge in [-0.1, -0.05) is 32.0 Å². The molecule has 0 radical (unpaired) electrons. The van der Waals surface area contributed by atoms with Crippen LogP contribution in [0.3, 0.4) is 0 Å². The van der Waals surface area contributed by atoms with E-state index < -0.39 is 0 Å². The molecule has 1 aromatic carbocycles. The number of carbonyl (C=O) groups excluding carboxylic acids is 2. The molecule has 1 aliphatic heterocycles. The van der Waals surface area contributed by atoms with Crippen molar-refractivity contribution in [3.8, 4) is 6.07 Å². The molecule has 3 rings (SSSR count). The van der Waals surface area contributed by atoms with Gasteiger partial charge in [0.15, 0.2) is 0 Å². The molecule has 1 aliphatic rings. The third-order valence-electron chi connectivity index (χ3n) is 6.41. The average Bonchev–Trinajstić information content (AvgIpc) is 3.10. The quantitative estimate of drug-likeness (QED) is 0.479. The third kappa shape index (κ3) is 5.95. The molecule has 1 fully saturated rings.